The number of carbonyl (C=O) groups excluding carboxylic acids is 2. The lowest BCUT2D eigenvalue weighted by Crippen LogP contribution is -2.51. The van der Waals surface area contributed by atoms with Crippen LogP contribution in [0.1, 0.15) is 42.1 Å². The van der Waals surface area contributed by atoms with Gasteiger partial charge in [-0.3, -0.25) is 14.4 Å². The van der Waals surface area contributed by atoms with Crippen LogP contribution in [-0.4, -0.2) is 21.9 Å². The zero-order valence-corrected chi connectivity index (χ0v) is 15.1. The molecule has 1 aromatic heterocycles. The summed E-state index contributed by atoms with van der Waals surface area (Å²) in [6.45, 7) is 2.03. The molecule has 142 valence electrons. The fraction of sp³-hybridized carbons (Fsp3) is 0.350. The van der Waals surface area contributed by atoms with Gasteiger partial charge in [-0.2, -0.15) is 0 Å². The quantitative estimate of drug-likeness (QED) is 0.815. The molecule has 0 spiro atoms. The van der Waals surface area contributed by atoms with Gasteiger partial charge >= 0.3 is 0 Å². The number of nitrogens with zero attached hydrogens (tertiary/aromatic N) is 1. The fourth-order valence-corrected chi connectivity index (χ4v) is 2.98. The van der Waals surface area contributed by atoms with Gasteiger partial charge < -0.3 is 15.2 Å². The molecule has 6 nitrogen and oxygen atoms in total. The number of amides is 2. The molecular formula is C20H22FN3O3. The van der Waals surface area contributed by atoms with Crippen LogP contribution in [0.25, 0.3) is 0 Å². The second-order valence-electron chi connectivity index (χ2n) is 7.16. The Bertz CT molecular complexity index is 901. The number of aromatic nitrogens is 1. The highest BCUT2D eigenvalue weighted by Crippen LogP contribution is 2.31. The van der Waals surface area contributed by atoms with Crippen molar-refractivity contribution in [3.05, 3.63) is 69.9 Å². The first-order valence-electron chi connectivity index (χ1n) is 8.89. The summed E-state index contributed by atoms with van der Waals surface area (Å²) in [5.41, 5.74) is 0.538. The summed E-state index contributed by atoms with van der Waals surface area (Å²) >= 11 is 0. The van der Waals surface area contributed by atoms with Crippen LogP contribution in [0.3, 0.4) is 0 Å². The van der Waals surface area contributed by atoms with Crippen molar-refractivity contribution in [2.75, 3.05) is 0 Å². The van der Waals surface area contributed by atoms with Crippen molar-refractivity contribution in [1.82, 2.24) is 15.2 Å². The predicted octanol–water partition coefficient (Wildman–Crippen LogP) is 1.98. The van der Waals surface area contributed by atoms with Crippen LogP contribution in [-0.2, 0) is 17.9 Å². The SMILES string of the molecule is CC1(NC(=O)c2ccc(=O)n(CC(=O)NCc3ccc(F)cc3)c2)CCC1. The molecule has 1 aliphatic carbocycles. The molecule has 1 saturated carbocycles. The molecule has 1 aliphatic rings. The van der Waals surface area contributed by atoms with Gasteiger partial charge in [0.2, 0.25) is 5.91 Å². The molecule has 7 heteroatoms. The average molecular weight is 371 g/mol. The van der Waals surface area contributed by atoms with Gasteiger partial charge in [0, 0.05) is 24.3 Å². The highest BCUT2D eigenvalue weighted by molar-refractivity contribution is 5.94. The first kappa shape index (κ1) is 18.8. The molecule has 0 aliphatic heterocycles. The molecule has 0 bridgehead atoms. The van der Waals surface area contributed by atoms with Crippen molar-refractivity contribution >= 4 is 11.8 Å². The van der Waals surface area contributed by atoms with Gasteiger partial charge in [-0.25, -0.2) is 4.39 Å². The van der Waals surface area contributed by atoms with Crippen LogP contribution < -0.4 is 16.2 Å². The normalized spacial score (nSPS) is 14.9. The molecular weight excluding hydrogens is 349 g/mol. The lowest BCUT2D eigenvalue weighted by molar-refractivity contribution is -0.121. The van der Waals surface area contributed by atoms with Crippen LogP contribution in [0, 0.1) is 5.82 Å². The minimum Gasteiger partial charge on any atom is -0.350 e. The molecule has 1 aromatic carbocycles. The van der Waals surface area contributed by atoms with Gasteiger partial charge in [0.25, 0.3) is 11.5 Å². The lowest BCUT2D eigenvalue weighted by Gasteiger charge is -2.39. The summed E-state index contributed by atoms with van der Waals surface area (Å²) < 4.78 is 14.1. The molecule has 0 unspecified atom stereocenters. The monoisotopic (exact) mass is 371 g/mol. The number of pyridine rings is 1. The van der Waals surface area contributed by atoms with Gasteiger partial charge in [-0.1, -0.05) is 12.1 Å². The Balaban J connectivity index is 1.61. The van der Waals surface area contributed by atoms with E-state index in [1.54, 1.807) is 12.1 Å². The number of benzene rings is 1. The Morgan fingerprint density at radius 2 is 1.85 bits per heavy atom. The highest BCUT2D eigenvalue weighted by atomic mass is 19.1. The van der Waals surface area contributed by atoms with Gasteiger partial charge in [-0.15, -0.1) is 0 Å². The molecule has 1 fully saturated rings. The van der Waals surface area contributed by atoms with Crippen molar-refractivity contribution in [2.24, 2.45) is 0 Å². The summed E-state index contributed by atoms with van der Waals surface area (Å²) in [4.78, 5) is 36.5. The number of halogens is 1. The van der Waals surface area contributed by atoms with E-state index >= 15 is 0 Å². The van der Waals surface area contributed by atoms with Gasteiger partial charge in [0.15, 0.2) is 0 Å². The predicted molar refractivity (Wildman–Crippen MR) is 98.7 cm³/mol. The van der Waals surface area contributed by atoms with E-state index in [1.807, 2.05) is 6.92 Å². The third kappa shape index (κ3) is 4.81. The van der Waals surface area contributed by atoms with Crippen LogP contribution in [0.15, 0.2) is 47.4 Å². The smallest absolute Gasteiger partial charge is 0.253 e. The Hall–Kier alpha value is -2.96. The van der Waals surface area contributed by atoms with E-state index < -0.39 is 0 Å². The molecule has 3 rings (SSSR count). The number of carbonyl (C=O) groups is 2. The second-order valence-corrected chi connectivity index (χ2v) is 7.16. The third-order valence-corrected chi connectivity index (χ3v) is 4.83. The fourth-order valence-electron chi connectivity index (χ4n) is 2.98. The topological polar surface area (TPSA) is 80.2 Å². The second kappa shape index (κ2) is 7.73. The largest absolute Gasteiger partial charge is 0.350 e. The minimum absolute atomic E-state index is 0.190. The van der Waals surface area contributed by atoms with Gasteiger partial charge in [-0.05, 0) is 49.9 Å². The molecule has 0 atom stereocenters. The van der Waals surface area contributed by atoms with Crippen LogP contribution in [0.2, 0.25) is 0 Å². The standard InChI is InChI=1S/C20H22FN3O3/c1-20(9-2-10-20)23-19(27)15-5-8-18(26)24(12-15)13-17(25)22-11-14-3-6-16(21)7-4-14/h3-8,12H,2,9-11,13H2,1H3,(H,22,25)(H,23,27). The molecule has 2 aromatic rings. The van der Waals surface area contributed by atoms with Crippen molar-refractivity contribution in [1.29, 1.82) is 0 Å². The van der Waals surface area contributed by atoms with Crippen molar-refractivity contribution in [3.63, 3.8) is 0 Å². The van der Waals surface area contributed by atoms with Gasteiger partial charge in [0.1, 0.15) is 12.4 Å². The van der Waals surface area contributed by atoms with E-state index in [0.29, 0.717) is 5.56 Å². The third-order valence-electron chi connectivity index (χ3n) is 4.83. The molecule has 2 N–H and O–H groups in total. The molecule has 2 amide bonds. The maximum atomic E-state index is 12.9. The Labute approximate surface area is 156 Å². The summed E-state index contributed by atoms with van der Waals surface area (Å²) in [7, 11) is 0. The first-order chi connectivity index (χ1) is 12.8. The first-order valence-corrected chi connectivity index (χ1v) is 8.89. The summed E-state index contributed by atoms with van der Waals surface area (Å²) in [5, 5.41) is 5.65. The van der Waals surface area contributed by atoms with Crippen LogP contribution in [0.5, 0.6) is 0 Å². The van der Waals surface area contributed by atoms with E-state index in [1.165, 1.54) is 35.0 Å². The van der Waals surface area contributed by atoms with E-state index in [-0.39, 0.29) is 41.8 Å². The number of hydrogen-bond donors (Lipinski definition) is 2. The van der Waals surface area contributed by atoms with Crippen molar-refractivity contribution in [3.8, 4) is 0 Å². The van der Waals surface area contributed by atoms with Crippen LogP contribution >= 0.6 is 0 Å². The lowest BCUT2D eigenvalue weighted by atomic mass is 9.78. The Morgan fingerprint density at radius 3 is 2.48 bits per heavy atom. The highest BCUT2D eigenvalue weighted by Gasteiger charge is 2.33. The molecule has 27 heavy (non-hydrogen) atoms. The van der Waals surface area contributed by atoms with E-state index in [2.05, 4.69) is 10.6 Å². The molecule has 0 saturated heterocycles. The molecule has 1 heterocycles. The van der Waals surface area contributed by atoms with E-state index in [4.69, 9.17) is 0 Å². The average Bonchev–Trinajstić information content (AvgIpc) is 2.61. The summed E-state index contributed by atoms with van der Waals surface area (Å²) in [5.74, 6) is -0.968. The zero-order valence-electron chi connectivity index (χ0n) is 15.1. The van der Waals surface area contributed by atoms with Gasteiger partial charge in [0.05, 0.1) is 5.56 Å². The van der Waals surface area contributed by atoms with E-state index in [9.17, 15) is 18.8 Å². The van der Waals surface area contributed by atoms with E-state index in [0.717, 1.165) is 24.8 Å². The zero-order chi connectivity index (χ0) is 19.4. The summed E-state index contributed by atoms with van der Waals surface area (Å²) in [6, 6.07) is 8.53. The maximum absolute atomic E-state index is 12.9. The van der Waals surface area contributed by atoms with Crippen LogP contribution in [0.4, 0.5) is 4.39 Å². The van der Waals surface area contributed by atoms with Crippen molar-refractivity contribution in [2.45, 2.75) is 44.8 Å². The molecule has 0 radical (unpaired) electrons. The Morgan fingerprint density at radius 1 is 1.15 bits per heavy atom. The summed E-state index contributed by atoms with van der Waals surface area (Å²) in [6.07, 6.45) is 4.36. The van der Waals surface area contributed by atoms with Crippen molar-refractivity contribution < 1.29 is 14.0 Å². The Kier molecular flexibility index (Phi) is 5.39. The number of hydrogen-bond acceptors (Lipinski definition) is 3. The minimum atomic E-state index is -0.370. The maximum Gasteiger partial charge on any atom is 0.253 e. The number of rotatable bonds is 6. The number of nitrogens with one attached hydrogen (secondary N) is 2.